The van der Waals surface area contributed by atoms with Crippen molar-refractivity contribution in [3.05, 3.63) is 35.0 Å². The first-order valence-corrected chi connectivity index (χ1v) is 12.3. The standard InChI is InChI=1S/C26H31N3O4S/c1-7-8-10-29-19-12-17-13-20(31-5)21(32-6)14-18(17)22(16-9-11-34-15-16)23(19)27-24(29)28-25(30)33-26(2,3)4/h9,11-15H,7-8,10H2,1-6H3,(H,27,28,30). The molecule has 0 aliphatic carbocycles. The highest BCUT2D eigenvalue weighted by Crippen LogP contribution is 2.42. The summed E-state index contributed by atoms with van der Waals surface area (Å²) < 4.78 is 18.7. The van der Waals surface area contributed by atoms with Crippen LogP contribution in [0.1, 0.15) is 40.5 Å². The van der Waals surface area contributed by atoms with Crippen LogP contribution in [-0.4, -0.2) is 35.5 Å². The Balaban J connectivity index is 2.00. The van der Waals surface area contributed by atoms with Crippen LogP contribution in [0.3, 0.4) is 0 Å². The van der Waals surface area contributed by atoms with E-state index in [0.29, 0.717) is 17.4 Å². The number of amides is 1. The number of benzene rings is 2. The van der Waals surface area contributed by atoms with Gasteiger partial charge in [0.1, 0.15) is 5.60 Å². The third-order valence-corrected chi connectivity index (χ3v) is 6.20. The highest BCUT2D eigenvalue weighted by atomic mass is 32.1. The van der Waals surface area contributed by atoms with Crippen molar-refractivity contribution in [1.82, 2.24) is 9.55 Å². The van der Waals surface area contributed by atoms with Gasteiger partial charge in [-0.15, -0.1) is 0 Å². The van der Waals surface area contributed by atoms with Crippen molar-refractivity contribution in [3.63, 3.8) is 0 Å². The van der Waals surface area contributed by atoms with Gasteiger partial charge in [0.2, 0.25) is 5.95 Å². The quantitative estimate of drug-likeness (QED) is 0.305. The second-order valence-electron chi connectivity index (χ2n) is 9.13. The number of unbranched alkanes of at least 4 members (excludes halogenated alkanes) is 1. The van der Waals surface area contributed by atoms with Crippen LogP contribution < -0.4 is 14.8 Å². The van der Waals surface area contributed by atoms with Crippen LogP contribution in [0.15, 0.2) is 35.0 Å². The molecule has 1 N–H and O–H groups in total. The van der Waals surface area contributed by atoms with Crippen LogP contribution in [-0.2, 0) is 11.3 Å². The Morgan fingerprint density at radius 3 is 2.50 bits per heavy atom. The molecule has 180 valence electrons. The average molecular weight is 482 g/mol. The molecule has 7 nitrogen and oxygen atoms in total. The SMILES string of the molecule is CCCCn1c(NC(=O)OC(C)(C)C)nc2c(-c3ccsc3)c3cc(OC)c(OC)cc3cc21. The molecule has 4 rings (SSSR count). The van der Waals surface area contributed by atoms with E-state index in [1.165, 1.54) is 0 Å². The van der Waals surface area contributed by atoms with Gasteiger partial charge in [0, 0.05) is 12.1 Å². The number of fused-ring (bicyclic) bond motifs is 2. The molecule has 0 saturated heterocycles. The zero-order valence-corrected chi connectivity index (χ0v) is 21.3. The van der Waals surface area contributed by atoms with Crippen LogP contribution in [0.25, 0.3) is 32.9 Å². The molecule has 0 bridgehead atoms. The van der Waals surface area contributed by atoms with Crippen molar-refractivity contribution in [3.8, 4) is 22.6 Å². The number of aryl methyl sites for hydroxylation is 1. The van der Waals surface area contributed by atoms with Gasteiger partial charge in [-0.25, -0.2) is 9.78 Å². The van der Waals surface area contributed by atoms with Gasteiger partial charge in [0.05, 0.1) is 25.3 Å². The molecule has 0 fully saturated rings. The number of hydrogen-bond donors (Lipinski definition) is 1. The molecule has 0 radical (unpaired) electrons. The molecule has 0 atom stereocenters. The molecule has 0 spiro atoms. The number of carbonyl (C=O) groups is 1. The summed E-state index contributed by atoms with van der Waals surface area (Å²) in [5, 5.41) is 9.05. The Hall–Kier alpha value is -3.26. The summed E-state index contributed by atoms with van der Waals surface area (Å²) in [5.41, 5.74) is 3.23. The fourth-order valence-corrected chi connectivity index (χ4v) is 4.68. The Morgan fingerprint density at radius 1 is 1.15 bits per heavy atom. The summed E-state index contributed by atoms with van der Waals surface area (Å²) in [6.45, 7) is 8.39. The maximum absolute atomic E-state index is 12.6. The zero-order valence-electron chi connectivity index (χ0n) is 20.5. The molecule has 1 amide bonds. The van der Waals surface area contributed by atoms with E-state index in [1.54, 1.807) is 25.6 Å². The summed E-state index contributed by atoms with van der Waals surface area (Å²) >= 11 is 1.63. The Kier molecular flexibility index (Phi) is 6.70. The van der Waals surface area contributed by atoms with Gasteiger partial charge in [0.25, 0.3) is 0 Å². The summed E-state index contributed by atoms with van der Waals surface area (Å²) in [5.74, 6) is 1.80. The van der Waals surface area contributed by atoms with E-state index in [0.717, 1.165) is 52.3 Å². The van der Waals surface area contributed by atoms with E-state index in [-0.39, 0.29) is 0 Å². The number of methoxy groups -OCH3 is 2. The lowest BCUT2D eigenvalue weighted by Gasteiger charge is -2.19. The van der Waals surface area contributed by atoms with Crippen LogP contribution in [0.4, 0.5) is 10.7 Å². The van der Waals surface area contributed by atoms with Crippen LogP contribution >= 0.6 is 11.3 Å². The van der Waals surface area contributed by atoms with E-state index in [4.69, 9.17) is 19.2 Å². The lowest BCUT2D eigenvalue weighted by molar-refractivity contribution is 0.0634. The molecule has 8 heteroatoms. The predicted molar refractivity (Wildman–Crippen MR) is 138 cm³/mol. The smallest absolute Gasteiger partial charge is 0.414 e. The molecular formula is C26H31N3O4S. The van der Waals surface area contributed by atoms with E-state index in [1.807, 2.05) is 32.9 Å². The molecule has 2 heterocycles. The van der Waals surface area contributed by atoms with Crippen molar-refractivity contribution < 1.29 is 19.0 Å². The first kappa shape index (κ1) is 23.9. The highest BCUT2D eigenvalue weighted by Gasteiger charge is 2.23. The summed E-state index contributed by atoms with van der Waals surface area (Å²) in [6, 6.07) is 8.17. The lowest BCUT2D eigenvalue weighted by atomic mass is 9.97. The number of rotatable bonds is 7. The van der Waals surface area contributed by atoms with Crippen molar-refractivity contribution >= 4 is 45.2 Å². The number of aromatic nitrogens is 2. The molecule has 2 aromatic carbocycles. The Bertz CT molecular complexity index is 1320. The Labute approximate surface area is 203 Å². The van der Waals surface area contributed by atoms with Crippen LogP contribution in [0.5, 0.6) is 11.5 Å². The maximum atomic E-state index is 12.6. The fourth-order valence-electron chi connectivity index (χ4n) is 4.03. The number of carbonyl (C=O) groups excluding carboxylic acids is 1. The number of anilines is 1. The first-order valence-electron chi connectivity index (χ1n) is 11.4. The van der Waals surface area contributed by atoms with Crippen molar-refractivity contribution in [1.29, 1.82) is 0 Å². The molecule has 0 aliphatic heterocycles. The van der Waals surface area contributed by atoms with Crippen molar-refractivity contribution in [2.24, 2.45) is 0 Å². The van der Waals surface area contributed by atoms with Crippen molar-refractivity contribution in [2.75, 3.05) is 19.5 Å². The lowest BCUT2D eigenvalue weighted by Crippen LogP contribution is -2.28. The van der Waals surface area contributed by atoms with Gasteiger partial charge in [-0.3, -0.25) is 5.32 Å². The molecule has 0 unspecified atom stereocenters. The van der Waals surface area contributed by atoms with Crippen LogP contribution in [0, 0.1) is 0 Å². The second kappa shape index (κ2) is 9.54. The molecule has 0 saturated carbocycles. The van der Waals surface area contributed by atoms with E-state index < -0.39 is 11.7 Å². The number of nitrogens with zero attached hydrogens (tertiary/aromatic N) is 2. The molecule has 2 aromatic heterocycles. The first-order chi connectivity index (χ1) is 16.3. The number of thiophene rings is 1. The summed E-state index contributed by atoms with van der Waals surface area (Å²) in [7, 11) is 3.27. The zero-order chi connectivity index (χ0) is 24.5. The van der Waals surface area contributed by atoms with E-state index >= 15 is 0 Å². The summed E-state index contributed by atoms with van der Waals surface area (Å²) in [6.07, 6.45) is 1.44. The normalized spacial score (nSPS) is 11.7. The molecule has 34 heavy (non-hydrogen) atoms. The van der Waals surface area contributed by atoms with Gasteiger partial charge in [-0.2, -0.15) is 11.3 Å². The molecule has 4 aromatic rings. The number of hydrogen-bond acceptors (Lipinski definition) is 6. The fraction of sp³-hybridized carbons (Fsp3) is 0.385. The third-order valence-electron chi connectivity index (χ3n) is 5.52. The average Bonchev–Trinajstić information content (AvgIpc) is 3.42. The molecule has 0 aliphatic rings. The number of ether oxygens (including phenoxy) is 3. The van der Waals surface area contributed by atoms with E-state index in [2.05, 4.69) is 39.7 Å². The number of imidazole rings is 1. The van der Waals surface area contributed by atoms with Crippen LogP contribution in [0.2, 0.25) is 0 Å². The second-order valence-corrected chi connectivity index (χ2v) is 9.91. The van der Waals surface area contributed by atoms with E-state index in [9.17, 15) is 4.79 Å². The number of nitrogens with one attached hydrogen (secondary N) is 1. The Morgan fingerprint density at radius 2 is 1.88 bits per heavy atom. The highest BCUT2D eigenvalue weighted by molar-refractivity contribution is 7.08. The minimum Gasteiger partial charge on any atom is -0.493 e. The minimum absolute atomic E-state index is 0.475. The topological polar surface area (TPSA) is 74.6 Å². The van der Waals surface area contributed by atoms with Gasteiger partial charge in [0.15, 0.2) is 11.5 Å². The van der Waals surface area contributed by atoms with Gasteiger partial charge in [-0.05, 0) is 78.6 Å². The monoisotopic (exact) mass is 481 g/mol. The minimum atomic E-state index is -0.603. The van der Waals surface area contributed by atoms with Gasteiger partial charge < -0.3 is 18.8 Å². The van der Waals surface area contributed by atoms with Crippen molar-refractivity contribution in [2.45, 2.75) is 52.7 Å². The molecular weight excluding hydrogens is 450 g/mol. The predicted octanol–water partition coefficient (Wildman–Crippen LogP) is 7.08. The third kappa shape index (κ3) is 4.68. The van der Waals surface area contributed by atoms with Gasteiger partial charge in [-0.1, -0.05) is 13.3 Å². The summed E-state index contributed by atoms with van der Waals surface area (Å²) in [4.78, 5) is 17.6. The largest absolute Gasteiger partial charge is 0.493 e. The maximum Gasteiger partial charge on any atom is 0.414 e. The van der Waals surface area contributed by atoms with Gasteiger partial charge >= 0.3 is 6.09 Å².